The molecule has 16 heavy (non-hydrogen) atoms. The SMILES string of the molecule is O[C@@H]([C@H](O)[C@H](O)CN1CC1)[C@H](O)CN1CC1. The highest BCUT2D eigenvalue weighted by Crippen LogP contribution is 2.13. The lowest BCUT2D eigenvalue weighted by Crippen LogP contribution is -2.48. The summed E-state index contributed by atoms with van der Waals surface area (Å²) in [4.78, 5) is 3.91. The van der Waals surface area contributed by atoms with Crippen molar-refractivity contribution in [3.63, 3.8) is 0 Å². The Morgan fingerprint density at radius 2 is 1.00 bits per heavy atom. The van der Waals surface area contributed by atoms with Crippen LogP contribution in [0.5, 0.6) is 0 Å². The zero-order valence-electron chi connectivity index (χ0n) is 9.24. The lowest BCUT2D eigenvalue weighted by Gasteiger charge is -2.26. The number of aliphatic hydroxyl groups is 4. The molecule has 2 aliphatic rings. The molecule has 0 aromatic rings. The van der Waals surface area contributed by atoms with E-state index in [0.717, 1.165) is 26.2 Å². The average Bonchev–Trinajstić information content (AvgIpc) is 3.10. The van der Waals surface area contributed by atoms with Crippen molar-refractivity contribution in [2.45, 2.75) is 24.4 Å². The van der Waals surface area contributed by atoms with E-state index in [9.17, 15) is 20.4 Å². The Kier molecular flexibility index (Phi) is 3.78. The van der Waals surface area contributed by atoms with Crippen molar-refractivity contribution in [3.8, 4) is 0 Å². The lowest BCUT2D eigenvalue weighted by atomic mass is 10.0. The van der Waals surface area contributed by atoms with Gasteiger partial charge in [-0.15, -0.1) is 0 Å². The molecule has 0 aromatic carbocycles. The Labute approximate surface area is 94.7 Å². The molecule has 0 saturated carbocycles. The van der Waals surface area contributed by atoms with E-state index in [1.165, 1.54) is 0 Å². The van der Waals surface area contributed by atoms with E-state index in [2.05, 4.69) is 0 Å². The second-order valence-corrected chi connectivity index (χ2v) is 4.72. The van der Waals surface area contributed by atoms with Crippen molar-refractivity contribution in [1.82, 2.24) is 9.80 Å². The maximum atomic E-state index is 9.66. The number of nitrogens with zero attached hydrogens (tertiary/aromatic N) is 2. The topological polar surface area (TPSA) is 86.9 Å². The van der Waals surface area contributed by atoms with Gasteiger partial charge in [0.2, 0.25) is 0 Å². The van der Waals surface area contributed by atoms with Gasteiger partial charge < -0.3 is 20.4 Å². The highest BCUT2D eigenvalue weighted by molar-refractivity contribution is 4.88. The van der Waals surface area contributed by atoms with E-state index in [0.29, 0.717) is 13.1 Å². The minimum atomic E-state index is -1.28. The van der Waals surface area contributed by atoms with Gasteiger partial charge in [-0.2, -0.15) is 0 Å². The Hall–Kier alpha value is -0.240. The minimum absolute atomic E-state index is 0.356. The molecule has 2 fully saturated rings. The summed E-state index contributed by atoms with van der Waals surface area (Å²) >= 11 is 0. The predicted molar refractivity (Wildman–Crippen MR) is 56.9 cm³/mol. The van der Waals surface area contributed by atoms with E-state index in [-0.39, 0.29) is 0 Å². The van der Waals surface area contributed by atoms with Crippen LogP contribution in [0.4, 0.5) is 0 Å². The summed E-state index contributed by atoms with van der Waals surface area (Å²) < 4.78 is 0. The monoisotopic (exact) mass is 232 g/mol. The van der Waals surface area contributed by atoms with Gasteiger partial charge in [0.25, 0.3) is 0 Å². The number of hydrogen-bond donors (Lipinski definition) is 4. The van der Waals surface area contributed by atoms with Crippen LogP contribution in [0.15, 0.2) is 0 Å². The van der Waals surface area contributed by atoms with Gasteiger partial charge in [0.05, 0.1) is 12.2 Å². The van der Waals surface area contributed by atoms with Gasteiger partial charge in [0.1, 0.15) is 12.2 Å². The third kappa shape index (κ3) is 3.38. The highest BCUT2D eigenvalue weighted by atomic mass is 16.4. The van der Waals surface area contributed by atoms with Crippen LogP contribution in [0.1, 0.15) is 0 Å². The first-order valence-corrected chi connectivity index (χ1v) is 5.75. The molecule has 94 valence electrons. The molecule has 0 aromatic heterocycles. The second-order valence-electron chi connectivity index (χ2n) is 4.72. The number of rotatable bonds is 7. The number of β-amino-alcohol motifs (C(OH)–C–C–N with tert-alkyl or cyclic N) is 2. The normalized spacial score (nSPS) is 28.5. The molecule has 2 rings (SSSR count). The van der Waals surface area contributed by atoms with Gasteiger partial charge in [-0.1, -0.05) is 0 Å². The Bertz CT molecular complexity index is 209. The summed E-state index contributed by atoms with van der Waals surface area (Å²) in [5, 5.41) is 38.6. The zero-order chi connectivity index (χ0) is 11.7. The maximum absolute atomic E-state index is 9.66. The van der Waals surface area contributed by atoms with E-state index < -0.39 is 24.4 Å². The molecule has 2 heterocycles. The van der Waals surface area contributed by atoms with Crippen LogP contribution in [0.3, 0.4) is 0 Å². The molecule has 4 atom stereocenters. The molecule has 0 spiro atoms. The highest BCUT2D eigenvalue weighted by Gasteiger charge is 2.34. The van der Waals surface area contributed by atoms with E-state index in [1.54, 1.807) is 0 Å². The Morgan fingerprint density at radius 1 is 0.688 bits per heavy atom. The van der Waals surface area contributed by atoms with Crippen LogP contribution in [-0.2, 0) is 0 Å². The lowest BCUT2D eigenvalue weighted by molar-refractivity contribution is -0.108. The van der Waals surface area contributed by atoms with Crippen LogP contribution in [-0.4, -0.2) is 93.9 Å². The Balaban J connectivity index is 1.73. The van der Waals surface area contributed by atoms with Crippen molar-refractivity contribution in [2.75, 3.05) is 39.3 Å². The summed E-state index contributed by atoms with van der Waals surface area (Å²) in [5.41, 5.74) is 0. The molecule has 0 bridgehead atoms. The summed E-state index contributed by atoms with van der Waals surface area (Å²) in [6.45, 7) is 4.42. The van der Waals surface area contributed by atoms with Gasteiger partial charge in [-0.25, -0.2) is 0 Å². The minimum Gasteiger partial charge on any atom is -0.389 e. The van der Waals surface area contributed by atoms with Crippen LogP contribution < -0.4 is 0 Å². The molecular formula is C10H20N2O4. The molecule has 0 unspecified atom stereocenters. The Morgan fingerprint density at radius 3 is 1.25 bits per heavy atom. The molecule has 0 radical (unpaired) electrons. The van der Waals surface area contributed by atoms with Crippen molar-refractivity contribution in [2.24, 2.45) is 0 Å². The molecular weight excluding hydrogens is 212 g/mol. The van der Waals surface area contributed by atoms with Crippen LogP contribution in [0, 0.1) is 0 Å². The molecule has 0 aliphatic carbocycles. The van der Waals surface area contributed by atoms with E-state index in [4.69, 9.17) is 0 Å². The van der Waals surface area contributed by atoms with Gasteiger partial charge in [0, 0.05) is 39.3 Å². The van der Waals surface area contributed by atoms with Gasteiger partial charge in [0.15, 0.2) is 0 Å². The predicted octanol–water partition coefficient (Wildman–Crippen LogP) is -2.94. The van der Waals surface area contributed by atoms with E-state index >= 15 is 0 Å². The van der Waals surface area contributed by atoms with Gasteiger partial charge >= 0.3 is 0 Å². The van der Waals surface area contributed by atoms with Crippen LogP contribution in [0.2, 0.25) is 0 Å². The molecule has 0 amide bonds. The van der Waals surface area contributed by atoms with E-state index in [1.807, 2.05) is 9.80 Å². The average molecular weight is 232 g/mol. The first-order chi connectivity index (χ1) is 7.58. The van der Waals surface area contributed by atoms with Crippen molar-refractivity contribution in [1.29, 1.82) is 0 Å². The smallest absolute Gasteiger partial charge is 0.110 e. The zero-order valence-corrected chi connectivity index (χ0v) is 9.24. The molecule has 2 aliphatic heterocycles. The second kappa shape index (κ2) is 4.95. The molecule has 6 heteroatoms. The summed E-state index contributed by atoms with van der Waals surface area (Å²) in [6.07, 6.45) is -4.56. The summed E-state index contributed by atoms with van der Waals surface area (Å²) in [5.74, 6) is 0. The molecule has 2 saturated heterocycles. The third-order valence-corrected chi connectivity index (χ3v) is 3.11. The van der Waals surface area contributed by atoms with Crippen molar-refractivity contribution >= 4 is 0 Å². The van der Waals surface area contributed by atoms with Crippen LogP contribution in [0.25, 0.3) is 0 Å². The fraction of sp³-hybridized carbons (Fsp3) is 1.00. The van der Waals surface area contributed by atoms with Gasteiger partial charge in [-0.05, 0) is 0 Å². The number of hydrogen-bond acceptors (Lipinski definition) is 6. The molecule has 6 nitrogen and oxygen atoms in total. The first-order valence-electron chi connectivity index (χ1n) is 5.75. The first kappa shape index (κ1) is 12.2. The summed E-state index contributed by atoms with van der Waals surface area (Å²) in [6, 6.07) is 0. The largest absolute Gasteiger partial charge is 0.389 e. The third-order valence-electron chi connectivity index (χ3n) is 3.11. The van der Waals surface area contributed by atoms with Crippen molar-refractivity contribution < 1.29 is 20.4 Å². The molecule has 4 N–H and O–H groups in total. The van der Waals surface area contributed by atoms with Gasteiger partial charge in [-0.3, -0.25) is 9.80 Å². The fourth-order valence-electron chi connectivity index (χ4n) is 1.71. The van der Waals surface area contributed by atoms with Crippen molar-refractivity contribution in [3.05, 3.63) is 0 Å². The summed E-state index contributed by atoms with van der Waals surface area (Å²) in [7, 11) is 0. The number of aliphatic hydroxyl groups excluding tert-OH is 4. The van der Waals surface area contributed by atoms with Crippen LogP contribution >= 0.6 is 0 Å². The maximum Gasteiger partial charge on any atom is 0.110 e. The quantitative estimate of drug-likeness (QED) is 0.351. The standard InChI is InChI=1S/C10H20N2O4/c13-7(5-11-1-2-11)9(15)10(16)8(14)6-12-3-4-12/h7-10,13-16H,1-6H2/t7-,8-,9-,10-/m1/s1. The fourth-order valence-corrected chi connectivity index (χ4v) is 1.71.